The molecule has 5 heteroatoms. The Kier molecular flexibility index (Phi) is 4.15. The number of morpholine rings is 1. The van der Waals surface area contributed by atoms with Gasteiger partial charge in [0.1, 0.15) is 6.04 Å². The maximum Gasteiger partial charge on any atom is 0.246 e. The first kappa shape index (κ1) is 12.5. The molecule has 1 unspecified atom stereocenters. The predicted octanol–water partition coefficient (Wildman–Crippen LogP) is 1.40. The number of halogens is 1. The van der Waals surface area contributed by atoms with Crippen molar-refractivity contribution in [1.82, 2.24) is 5.32 Å². The molecule has 92 valence electrons. The average molecular weight is 299 g/mol. The van der Waals surface area contributed by atoms with E-state index in [1.54, 1.807) is 11.9 Å². The molecule has 1 N–H and O–H groups in total. The minimum atomic E-state index is -0.239. The van der Waals surface area contributed by atoms with E-state index in [2.05, 4.69) is 21.2 Å². The fraction of sp³-hybridized carbons (Fsp3) is 0.417. The average Bonchev–Trinajstić information content (AvgIpc) is 2.39. The van der Waals surface area contributed by atoms with Crippen LogP contribution in [-0.4, -0.2) is 38.8 Å². The topological polar surface area (TPSA) is 41.6 Å². The summed E-state index contributed by atoms with van der Waals surface area (Å²) in [4.78, 5) is 13.8. The van der Waals surface area contributed by atoms with E-state index >= 15 is 0 Å². The van der Waals surface area contributed by atoms with Gasteiger partial charge < -0.3 is 15.0 Å². The van der Waals surface area contributed by atoms with E-state index in [1.807, 2.05) is 24.3 Å². The quantitative estimate of drug-likeness (QED) is 0.897. The first-order valence-corrected chi connectivity index (χ1v) is 6.32. The first-order chi connectivity index (χ1) is 8.18. The zero-order valence-corrected chi connectivity index (χ0v) is 11.2. The van der Waals surface area contributed by atoms with Gasteiger partial charge in [-0.05, 0) is 24.3 Å². The fourth-order valence-electron chi connectivity index (χ4n) is 1.75. The molecule has 1 amide bonds. The van der Waals surface area contributed by atoms with Crippen LogP contribution in [0.1, 0.15) is 0 Å². The van der Waals surface area contributed by atoms with Gasteiger partial charge in [0.15, 0.2) is 0 Å². The molecule has 1 aromatic carbocycles. The number of nitrogens with one attached hydrogen (secondary N) is 1. The van der Waals surface area contributed by atoms with E-state index in [-0.39, 0.29) is 11.9 Å². The number of carbonyl (C=O) groups excluding carboxylic acids is 1. The second-order valence-corrected chi connectivity index (χ2v) is 4.87. The number of ether oxygens (including phenoxy) is 1. The summed E-state index contributed by atoms with van der Waals surface area (Å²) in [5.41, 5.74) is 0.880. The van der Waals surface area contributed by atoms with Crippen molar-refractivity contribution in [3.63, 3.8) is 0 Å². The van der Waals surface area contributed by atoms with Crippen LogP contribution >= 0.6 is 15.9 Å². The minimum Gasteiger partial charge on any atom is -0.378 e. The lowest BCUT2D eigenvalue weighted by Crippen LogP contribution is -2.51. The summed E-state index contributed by atoms with van der Waals surface area (Å²) in [6.45, 7) is 1.84. The first-order valence-electron chi connectivity index (χ1n) is 5.53. The Morgan fingerprint density at radius 1 is 1.47 bits per heavy atom. The van der Waals surface area contributed by atoms with Gasteiger partial charge in [0.25, 0.3) is 0 Å². The molecule has 1 aliphatic rings. The molecule has 0 aliphatic carbocycles. The zero-order valence-electron chi connectivity index (χ0n) is 9.65. The Hall–Kier alpha value is -0.910. The molecule has 1 heterocycles. The standard InChI is InChI=1S/C12H15BrN2O2/c1-15(10-4-2-9(13)3-5-10)12(16)11-8-17-7-6-14-11/h2-5,11,14H,6-8H2,1H3. The highest BCUT2D eigenvalue weighted by atomic mass is 79.9. The number of nitrogens with zero attached hydrogens (tertiary/aromatic N) is 1. The van der Waals surface area contributed by atoms with Crippen LogP contribution in [-0.2, 0) is 9.53 Å². The summed E-state index contributed by atoms with van der Waals surface area (Å²) < 4.78 is 6.29. The highest BCUT2D eigenvalue weighted by Crippen LogP contribution is 2.18. The molecule has 1 atom stereocenters. The van der Waals surface area contributed by atoms with Gasteiger partial charge in [-0.2, -0.15) is 0 Å². The molecule has 0 saturated carbocycles. The van der Waals surface area contributed by atoms with Crippen LogP contribution in [0.3, 0.4) is 0 Å². The third-order valence-electron chi connectivity index (χ3n) is 2.76. The van der Waals surface area contributed by atoms with E-state index in [1.165, 1.54) is 0 Å². The maximum atomic E-state index is 12.2. The van der Waals surface area contributed by atoms with Crippen molar-refractivity contribution in [2.24, 2.45) is 0 Å². The molecule has 0 aromatic heterocycles. The SMILES string of the molecule is CN(C(=O)C1COCCN1)c1ccc(Br)cc1. The molecule has 2 rings (SSSR count). The van der Waals surface area contributed by atoms with Gasteiger partial charge >= 0.3 is 0 Å². The Morgan fingerprint density at radius 2 is 2.18 bits per heavy atom. The summed E-state index contributed by atoms with van der Waals surface area (Å²) in [7, 11) is 1.78. The Bertz CT molecular complexity index is 388. The van der Waals surface area contributed by atoms with Gasteiger partial charge in [-0.3, -0.25) is 4.79 Å². The molecular weight excluding hydrogens is 284 g/mol. The van der Waals surface area contributed by atoms with Crippen molar-refractivity contribution in [3.8, 4) is 0 Å². The molecule has 1 fully saturated rings. The van der Waals surface area contributed by atoms with Gasteiger partial charge in [-0.1, -0.05) is 15.9 Å². The number of likely N-dealkylation sites (N-methyl/N-ethyl adjacent to an activating group) is 1. The van der Waals surface area contributed by atoms with Gasteiger partial charge in [-0.25, -0.2) is 0 Å². The molecule has 17 heavy (non-hydrogen) atoms. The summed E-state index contributed by atoms with van der Waals surface area (Å²) in [6.07, 6.45) is 0. The van der Waals surface area contributed by atoms with E-state index < -0.39 is 0 Å². The maximum absolute atomic E-state index is 12.2. The van der Waals surface area contributed by atoms with Crippen molar-refractivity contribution < 1.29 is 9.53 Å². The second-order valence-electron chi connectivity index (χ2n) is 3.96. The van der Waals surface area contributed by atoms with Crippen LogP contribution in [0.4, 0.5) is 5.69 Å². The number of benzene rings is 1. The van der Waals surface area contributed by atoms with Crippen molar-refractivity contribution in [2.75, 3.05) is 31.7 Å². The monoisotopic (exact) mass is 298 g/mol. The predicted molar refractivity (Wildman–Crippen MR) is 70.2 cm³/mol. The van der Waals surface area contributed by atoms with Gasteiger partial charge in [0.2, 0.25) is 5.91 Å². The molecule has 1 aromatic rings. The molecule has 0 bridgehead atoms. The number of amides is 1. The van der Waals surface area contributed by atoms with Crippen LogP contribution in [0.2, 0.25) is 0 Å². The Balaban J connectivity index is 2.05. The number of hydrogen-bond acceptors (Lipinski definition) is 3. The normalized spacial score (nSPS) is 20.0. The lowest BCUT2D eigenvalue weighted by Gasteiger charge is -2.27. The van der Waals surface area contributed by atoms with E-state index in [9.17, 15) is 4.79 Å². The lowest BCUT2D eigenvalue weighted by atomic mass is 10.2. The van der Waals surface area contributed by atoms with Crippen LogP contribution < -0.4 is 10.2 Å². The van der Waals surface area contributed by atoms with Crippen molar-refractivity contribution >= 4 is 27.5 Å². The molecule has 0 radical (unpaired) electrons. The highest BCUT2D eigenvalue weighted by molar-refractivity contribution is 9.10. The fourth-order valence-corrected chi connectivity index (χ4v) is 2.01. The Labute approximate surface area is 109 Å². The van der Waals surface area contributed by atoms with Crippen molar-refractivity contribution in [2.45, 2.75) is 6.04 Å². The largest absolute Gasteiger partial charge is 0.378 e. The molecule has 4 nitrogen and oxygen atoms in total. The minimum absolute atomic E-state index is 0.0343. The van der Waals surface area contributed by atoms with E-state index in [0.29, 0.717) is 13.2 Å². The van der Waals surface area contributed by atoms with Gasteiger partial charge in [-0.15, -0.1) is 0 Å². The number of anilines is 1. The van der Waals surface area contributed by atoms with Crippen LogP contribution in [0.25, 0.3) is 0 Å². The lowest BCUT2D eigenvalue weighted by molar-refractivity contribution is -0.123. The number of hydrogen-bond donors (Lipinski definition) is 1. The van der Waals surface area contributed by atoms with Crippen LogP contribution in [0, 0.1) is 0 Å². The molecular formula is C12H15BrN2O2. The summed E-state index contributed by atoms with van der Waals surface area (Å²) in [6, 6.07) is 7.42. The van der Waals surface area contributed by atoms with E-state index in [0.717, 1.165) is 16.7 Å². The zero-order chi connectivity index (χ0) is 12.3. The number of carbonyl (C=O) groups is 1. The molecule has 1 aliphatic heterocycles. The van der Waals surface area contributed by atoms with Crippen LogP contribution in [0.15, 0.2) is 28.7 Å². The summed E-state index contributed by atoms with van der Waals surface area (Å²) >= 11 is 3.37. The summed E-state index contributed by atoms with van der Waals surface area (Å²) in [5, 5.41) is 3.16. The molecule has 0 spiro atoms. The van der Waals surface area contributed by atoms with Crippen molar-refractivity contribution in [1.29, 1.82) is 0 Å². The Morgan fingerprint density at radius 3 is 2.76 bits per heavy atom. The van der Waals surface area contributed by atoms with Crippen LogP contribution in [0.5, 0.6) is 0 Å². The third kappa shape index (κ3) is 3.06. The highest BCUT2D eigenvalue weighted by Gasteiger charge is 2.24. The van der Waals surface area contributed by atoms with Crippen molar-refractivity contribution in [3.05, 3.63) is 28.7 Å². The molecule has 1 saturated heterocycles. The van der Waals surface area contributed by atoms with Gasteiger partial charge in [0, 0.05) is 23.8 Å². The van der Waals surface area contributed by atoms with Gasteiger partial charge in [0.05, 0.1) is 13.2 Å². The third-order valence-corrected chi connectivity index (χ3v) is 3.29. The summed E-state index contributed by atoms with van der Waals surface area (Å²) in [5.74, 6) is 0.0343. The van der Waals surface area contributed by atoms with E-state index in [4.69, 9.17) is 4.74 Å². The number of rotatable bonds is 2. The second kappa shape index (κ2) is 5.62. The smallest absolute Gasteiger partial charge is 0.246 e.